The fourth-order valence-corrected chi connectivity index (χ4v) is 3.28. The van der Waals surface area contributed by atoms with Crippen molar-refractivity contribution in [1.82, 2.24) is 4.90 Å². The molecule has 2 aromatic carbocycles. The lowest BCUT2D eigenvalue weighted by atomic mass is 9.96. The highest BCUT2D eigenvalue weighted by Gasteiger charge is 2.28. The number of para-hydroxylation sites is 2. The largest absolute Gasteiger partial charge is 0.495 e. The van der Waals surface area contributed by atoms with Gasteiger partial charge in [-0.2, -0.15) is 0 Å². The van der Waals surface area contributed by atoms with Crippen molar-refractivity contribution in [3.8, 4) is 5.75 Å². The Hall–Kier alpha value is -2.82. The van der Waals surface area contributed by atoms with Crippen molar-refractivity contribution in [3.05, 3.63) is 60.2 Å². The number of amides is 2. The minimum atomic E-state index is -0.201. The number of piperidine rings is 1. The van der Waals surface area contributed by atoms with Crippen LogP contribution in [0.5, 0.6) is 5.75 Å². The van der Waals surface area contributed by atoms with Gasteiger partial charge in [0, 0.05) is 13.1 Å². The van der Waals surface area contributed by atoms with E-state index in [9.17, 15) is 9.59 Å². The minimum absolute atomic E-state index is 0.0632. The summed E-state index contributed by atoms with van der Waals surface area (Å²) in [5.74, 6) is 0.444. The maximum atomic E-state index is 12.7. The minimum Gasteiger partial charge on any atom is -0.495 e. The molecule has 5 nitrogen and oxygen atoms in total. The molecule has 1 fully saturated rings. The number of methoxy groups -OCH3 is 1. The van der Waals surface area contributed by atoms with Gasteiger partial charge in [-0.05, 0) is 30.5 Å². The summed E-state index contributed by atoms with van der Waals surface area (Å²) in [6.07, 6.45) is 2.00. The highest BCUT2D eigenvalue weighted by Crippen LogP contribution is 2.25. The summed E-state index contributed by atoms with van der Waals surface area (Å²) < 4.78 is 5.28. The van der Waals surface area contributed by atoms with Crippen molar-refractivity contribution in [1.29, 1.82) is 0 Å². The second-order valence-electron chi connectivity index (χ2n) is 6.53. The van der Waals surface area contributed by atoms with Gasteiger partial charge in [-0.1, -0.05) is 42.5 Å². The quantitative estimate of drug-likeness (QED) is 0.899. The number of hydrogen-bond donors (Lipinski definition) is 1. The third-order valence-electron chi connectivity index (χ3n) is 4.71. The van der Waals surface area contributed by atoms with Crippen LogP contribution in [0.25, 0.3) is 0 Å². The zero-order valence-corrected chi connectivity index (χ0v) is 15.0. The monoisotopic (exact) mass is 352 g/mol. The molecule has 0 bridgehead atoms. The molecule has 1 atom stereocenters. The summed E-state index contributed by atoms with van der Waals surface area (Å²) in [6.45, 7) is 1.18. The van der Waals surface area contributed by atoms with Crippen LogP contribution in [-0.2, 0) is 16.0 Å². The van der Waals surface area contributed by atoms with Gasteiger partial charge in [-0.15, -0.1) is 0 Å². The predicted octanol–water partition coefficient (Wildman–Crippen LogP) is 3.12. The Balaban J connectivity index is 1.60. The third kappa shape index (κ3) is 4.42. The Kier molecular flexibility index (Phi) is 5.89. The van der Waals surface area contributed by atoms with Gasteiger partial charge >= 0.3 is 0 Å². The molecule has 0 spiro atoms. The number of nitrogens with one attached hydrogen (secondary N) is 1. The first-order valence-corrected chi connectivity index (χ1v) is 8.93. The van der Waals surface area contributed by atoms with E-state index in [1.807, 2.05) is 59.5 Å². The van der Waals surface area contributed by atoms with E-state index in [-0.39, 0.29) is 17.7 Å². The van der Waals surface area contributed by atoms with Crippen LogP contribution in [-0.4, -0.2) is 36.9 Å². The maximum absolute atomic E-state index is 12.7. The van der Waals surface area contributed by atoms with Gasteiger partial charge in [0.2, 0.25) is 11.8 Å². The molecule has 26 heavy (non-hydrogen) atoms. The summed E-state index contributed by atoms with van der Waals surface area (Å²) in [4.78, 5) is 27.0. The number of benzene rings is 2. The molecule has 1 heterocycles. The van der Waals surface area contributed by atoms with E-state index in [1.54, 1.807) is 7.11 Å². The van der Waals surface area contributed by atoms with Gasteiger partial charge in [0.15, 0.2) is 0 Å². The molecule has 136 valence electrons. The highest BCUT2D eigenvalue weighted by molar-refractivity contribution is 5.94. The zero-order valence-electron chi connectivity index (χ0n) is 15.0. The summed E-state index contributed by atoms with van der Waals surface area (Å²) in [6, 6.07) is 17.1. The standard InChI is InChI=1S/C21H24N2O3/c1-26-19-12-6-5-11-18(19)22-21(25)17-10-7-13-23(15-17)20(24)14-16-8-3-2-4-9-16/h2-6,8-9,11-12,17H,7,10,13-15H2,1H3,(H,22,25)/t17-/m1/s1. The van der Waals surface area contributed by atoms with Gasteiger partial charge in [0.1, 0.15) is 5.75 Å². The molecule has 0 unspecified atom stereocenters. The van der Waals surface area contributed by atoms with Crippen LogP contribution in [0.15, 0.2) is 54.6 Å². The molecule has 1 N–H and O–H groups in total. The summed E-state index contributed by atoms with van der Waals surface area (Å²) in [7, 11) is 1.58. The number of anilines is 1. The lowest BCUT2D eigenvalue weighted by Crippen LogP contribution is -2.44. The zero-order chi connectivity index (χ0) is 18.4. The molecule has 2 amide bonds. The van der Waals surface area contributed by atoms with E-state index in [4.69, 9.17) is 4.74 Å². The fourth-order valence-electron chi connectivity index (χ4n) is 3.28. The van der Waals surface area contributed by atoms with Crippen LogP contribution in [0.2, 0.25) is 0 Å². The maximum Gasteiger partial charge on any atom is 0.229 e. The first kappa shape index (κ1) is 18.0. The van der Waals surface area contributed by atoms with Gasteiger partial charge in [-0.25, -0.2) is 0 Å². The van der Waals surface area contributed by atoms with E-state index in [1.165, 1.54) is 0 Å². The van der Waals surface area contributed by atoms with Crippen molar-refractivity contribution in [2.45, 2.75) is 19.3 Å². The Labute approximate surface area is 154 Å². The van der Waals surface area contributed by atoms with Crippen LogP contribution >= 0.6 is 0 Å². The molecule has 3 rings (SSSR count). The molecular weight excluding hydrogens is 328 g/mol. The van der Waals surface area contributed by atoms with Gasteiger partial charge in [0.25, 0.3) is 0 Å². The number of nitrogens with zero attached hydrogens (tertiary/aromatic N) is 1. The van der Waals surface area contributed by atoms with Crippen molar-refractivity contribution < 1.29 is 14.3 Å². The first-order valence-electron chi connectivity index (χ1n) is 8.93. The van der Waals surface area contributed by atoms with Crippen LogP contribution in [0.3, 0.4) is 0 Å². The molecule has 1 saturated heterocycles. The summed E-state index contributed by atoms with van der Waals surface area (Å²) in [5.41, 5.74) is 1.66. The van der Waals surface area contributed by atoms with E-state index < -0.39 is 0 Å². The summed E-state index contributed by atoms with van der Waals surface area (Å²) >= 11 is 0. The topological polar surface area (TPSA) is 58.6 Å². The smallest absolute Gasteiger partial charge is 0.229 e. The second-order valence-corrected chi connectivity index (χ2v) is 6.53. The summed E-state index contributed by atoms with van der Waals surface area (Å²) in [5, 5.41) is 2.94. The van der Waals surface area contributed by atoms with Crippen molar-refractivity contribution in [2.24, 2.45) is 5.92 Å². The average molecular weight is 352 g/mol. The lowest BCUT2D eigenvalue weighted by molar-refractivity contribution is -0.133. The normalized spacial score (nSPS) is 16.8. The van der Waals surface area contributed by atoms with Crippen molar-refractivity contribution in [3.63, 3.8) is 0 Å². The molecule has 2 aromatic rings. The van der Waals surface area contributed by atoms with Gasteiger partial charge in [-0.3, -0.25) is 9.59 Å². The molecule has 1 aliphatic rings. The number of carbonyl (C=O) groups is 2. The van der Waals surface area contributed by atoms with Crippen LogP contribution in [0.4, 0.5) is 5.69 Å². The molecule has 1 aliphatic heterocycles. The molecule has 5 heteroatoms. The fraction of sp³-hybridized carbons (Fsp3) is 0.333. The number of hydrogen-bond acceptors (Lipinski definition) is 3. The Morgan fingerprint density at radius 3 is 2.62 bits per heavy atom. The van der Waals surface area contributed by atoms with Crippen molar-refractivity contribution >= 4 is 17.5 Å². The number of ether oxygens (including phenoxy) is 1. The molecule has 0 radical (unpaired) electrons. The number of carbonyl (C=O) groups excluding carboxylic acids is 2. The van der Waals surface area contributed by atoms with Crippen LogP contribution in [0.1, 0.15) is 18.4 Å². The molecule has 0 saturated carbocycles. The number of likely N-dealkylation sites (tertiary alicyclic amines) is 1. The predicted molar refractivity (Wildman–Crippen MR) is 101 cm³/mol. The first-order chi connectivity index (χ1) is 12.7. The Bertz CT molecular complexity index is 761. The van der Waals surface area contributed by atoms with E-state index in [0.717, 1.165) is 18.4 Å². The van der Waals surface area contributed by atoms with E-state index in [2.05, 4.69) is 5.32 Å². The van der Waals surface area contributed by atoms with Gasteiger partial charge < -0.3 is 15.0 Å². The Morgan fingerprint density at radius 2 is 1.85 bits per heavy atom. The Morgan fingerprint density at radius 1 is 1.12 bits per heavy atom. The van der Waals surface area contributed by atoms with Crippen LogP contribution < -0.4 is 10.1 Å². The van der Waals surface area contributed by atoms with Crippen molar-refractivity contribution in [2.75, 3.05) is 25.5 Å². The van der Waals surface area contributed by atoms with Gasteiger partial charge in [0.05, 0.1) is 25.1 Å². The van der Waals surface area contributed by atoms with Crippen LogP contribution in [0, 0.1) is 5.92 Å². The number of rotatable bonds is 5. The highest BCUT2D eigenvalue weighted by atomic mass is 16.5. The van der Waals surface area contributed by atoms with E-state index in [0.29, 0.717) is 30.9 Å². The van der Waals surface area contributed by atoms with E-state index >= 15 is 0 Å². The second kappa shape index (κ2) is 8.52. The third-order valence-corrected chi connectivity index (χ3v) is 4.71. The molecule has 0 aliphatic carbocycles. The lowest BCUT2D eigenvalue weighted by Gasteiger charge is -2.32. The molecular formula is C21H24N2O3. The average Bonchev–Trinajstić information content (AvgIpc) is 2.69. The SMILES string of the molecule is COc1ccccc1NC(=O)[C@@H]1CCCN(C(=O)Cc2ccccc2)C1. The molecule has 0 aromatic heterocycles.